The van der Waals surface area contributed by atoms with Crippen molar-refractivity contribution in [2.75, 3.05) is 6.61 Å². The van der Waals surface area contributed by atoms with Crippen LogP contribution in [0, 0.1) is 0 Å². The fraction of sp³-hybridized carbons (Fsp3) is 0.283. The summed E-state index contributed by atoms with van der Waals surface area (Å²) >= 11 is 0. The number of hydrogen-bond donors (Lipinski definition) is 2. The summed E-state index contributed by atoms with van der Waals surface area (Å²) < 4.78 is 40.9. The summed E-state index contributed by atoms with van der Waals surface area (Å²) in [5, 5.41) is 12.5. The Morgan fingerprint density at radius 1 is 0.556 bits per heavy atom. The van der Waals surface area contributed by atoms with Gasteiger partial charge in [-0.25, -0.2) is 4.79 Å². The maximum Gasteiger partial charge on any atom is 0.326 e. The van der Waals surface area contributed by atoms with E-state index in [2.05, 4.69) is 5.32 Å². The number of hydrogen-bond acceptors (Lipinski definition) is 8. The fourth-order valence-corrected chi connectivity index (χ4v) is 7.71. The summed E-state index contributed by atoms with van der Waals surface area (Å²) in [5.74, 6) is -0.982. The molecule has 0 unspecified atom stereocenters. The van der Waals surface area contributed by atoms with Crippen LogP contribution in [0.5, 0.6) is 5.75 Å². The van der Waals surface area contributed by atoms with Crippen molar-refractivity contribution in [3.63, 3.8) is 0 Å². The Balaban J connectivity index is 1.26. The Morgan fingerprint density at radius 2 is 1.00 bits per heavy atom. The van der Waals surface area contributed by atoms with Crippen molar-refractivity contribution in [3.05, 3.63) is 209 Å². The third-order valence-electron chi connectivity index (χ3n) is 10.9. The number of carbonyl (C=O) groups excluding carboxylic acids is 1. The molecule has 0 bridgehead atoms. The van der Waals surface area contributed by atoms with Crippen LogP contribution in [-0.4, -0.2) is 60.2 Å². The Hall–Kier alpha value is -6.14. The lowest BCUT2D eigenvalue weighted by Crippen LogP contribution is -2.61. The molecule has 1 fully saturated rings. The SMILES string of the molecule is CC(=O)N[C@H](Cc1ccc(C[C@@H]2O[C@H](COCc3ccccc3)[C@@H](OCc3ccccc3)[C@H](OCc3ccccc3)[C@H]2OCc2ccccc2)c(OCc2ccccc2)c1)C(=O)O. The molecule has 1 amide bonds. The molecule has 1 aliphatic rings. The third kappa shape index (κ3) is 13.7. The average Bonchev–Trinajstić information content (AvgIpc) is 3.31. The summed E-state index contributed by atoms with van der Waals surface area (Å²) in [4.78, 5) is 24.1. The highest BCUT2D eigenvalue weighted by atomic mass is 16.6. The second kappa shape index (κ2) is 23.3. The summed E-state index contributed by atoms with van der Waals surface area (Å²) in [6.45, 7) is 3.12. The molecule has 0 saturated carbocycles. The van der Waals surface area contributed by atoms with E-state index >= 15 is 0 Å². The molecule has 0 spiro atoms. The Labute approximate surface area is 369 Å². The van der Waals surface area contributed by atoms with E-state index < -0.39 is 48.4 Å². The number of carboxylic acid groups (broad SMARTS) is 1. The molecule has 1 saturated heterocycles. The number of nitrogens with one attached hydrogen (secondary N) is 1. The third-order valence-corrected chi connectivity index (χ3v) is 10.9. The average molecular weight is 850 g/mol. The maximum absolute atomic E-state index is 12.2. The van der Waals surface area contributed by atoms with Gasteiger partial charge in [-0.3, -0.25) is 4.79 Å². The lowest BCUT2D eigenvalue weighted by atomic mass is 9.90. The van der Waals surface area contributed by atoms with Crippen LogP contribution in [0.4, 0.5) is 0 Å². The number of ether oxygens (including phenoxy) is 6. The van der Waals surface area contributed by atoms with Gasteiger partial charge in [0.05, 0.1) is 39.1 Å². The number of carboxylic acids is 1. The summed E-state index contributed by atoms with van der Waals surface area (Å²) in [6, 6.07) is 54.5. The standard InChI is InChI=1S/C53H55NO9/c1-38(55)54-46(53(56)57)29-44-27-28-45(47(30-44)59-33-40-19-9-3-10-20-40)31-48-50(60-34-41-21-11-4-12-22-41)52(62-36-43-25-15-6-16-26-43)51(61-35-42-23-13-5-14-24-42)49(63-48)37-58-32-39-17-7-2-8-18-39/h2-28,30,46,48-52H,29,31-37H2,1H3,(H,54,55)(H,56,57)/t46-,48+,49-,50+,51-,52-/m1/s1. The first-order valence-electron chi connectivity index (χ1n) is 21.4. The monoisotopic (exact) mass is 849 g/mol. The first-order valence-corrected chi connectivity index (χ1v) is 21.4. The fourth-order valence-electron chi connectivity index (χ4n) is 7.71. The van der Waals surface area contributed by atoms with Crippen LogP contribution < -0.4 is 10.1 Å². The van der Waals surface area contributed by atoms with Gasteiger partial charge in [-0.2, -0.15) is 0 Å². The van der Waals surface area contributed by atoms with Gasteiger partial charge in [0.15, 0.2) is 0 Å². The number of benzene rings is 6. The lowest BCUT2D eigenvalue weighted by Gasteiger charge is -2.46. The molecule has 0 aliphatic carbocycles. The number of carbonyl (C=O) groups is 2. The van der Waals surface area contributed by atoms with Gasteiger partial charge in [-0.05, 0) is 45.0 Å². The molecule has 10 nitrogen and oxygen atoms in total. The van der Waals surface area contributed by atoms with E-state index in [1.807, 2.05) is 170 Å². The Kier molecular flexibility index (Phi) is 16.6. The number of rotatable bonds is 22. The first-order chi connectivity index (χ1) is 30.9. The predicted octanol–water partition coefficient (Wildman–Crippen LogP) is 8.68. The minimum atomic E-state index is -1.12. The molecule has 63 heavy (non-hydrogen) atoms. The van der Waals surface area contributed by atoms with Gasteiger partial charge >= 0.3 is 5.97 Å². The number of amides is 1. The summed E-state index contributed by atoms with van der Waals surface area (Å²) in [5.41, 5.74) is 6.54. The highest BCUT2D eigenvalue weighted by molar-refractivity contribution is 5.82. The lowest BCUT2D eigenvalue weighted by molar-refractivity contribution is -0.272. The summed E-state index contributed by atoms with van der Waals surface area (Å²) in [7, 11) is 0. The molecule has 7 rings (SSSR count). The minimum absolute atomic E-state index is 0.0658. The molecule has 6 atom stereocenters. The molecule has 326 valence electrons. The molecule has 1 aliphatic heterocycles. The topological polar surface area (TPSA) is 122 Å². The zero-order valence-electron chi connectivity index (χ0n) is 35.5. The van der Waals surface area contributed by atoms with Crippen molar-refractivity contribution >= 4 is 11.9 Å². The van der Waals surface area contributed by atoms with E-state index in [4.69, 9.17) is 28.4 Å². The molecule has 6 aromatic rings. The zero-order chi connectivity index (χ0) is 43.6. The molecule has 6 aromatic carbocycles. The zero-order valence-corrected chi connectivity index (χ0v) is 35.5. The van der Waals surface area contributed by atoms with Gasteiger partial charge in [-0.1, -0.05) is 164 Å². The highest BCUT2D eigenvalue weighted by Gasteiger charge is 2.48. The molecular formula is C53H55NO9. The van der Waals surface area contributed by atoms with Crippen molar-refractivity contribution in [1.82, 2.24) is 5.32 Å². The van der Waals surface area contributed by atoms with Crippen LogP contribution in [0.2, 0.25) is 0 Å². The predicted molar refractivity (Wildman–Crippen MR) is 240 cm³/mol. The van der Waals surface area contributed by atoms with Crippen LogP contribution in [-0.2, 0) is 79.1 Å². The van der Waals surface area contributed by atoms with Crippen LogP contribution in [0.25, 0.3) is 0 Å². The van der Waals surface area contributed by atoms with Crippen molar-refractivity contribution in [1.29, 1.82) is 0 Å². The molecule has 10 heteroatoms. The molecule has 0 radical (unpaired) electrons. The Bertz CT molecular complexity index is 2280. The number of aliphatic carboxylic acids is 1. The van der Waals surface area contributed by atoms with Crippen LogP contribution in [0.3, 0.4) is 0 Å². The van der Waals surface area contributed by atoms with Crippen molar-refractivity contribution < 1.29 is 43.1 Å². The maximum atomic E-state index is 12.2. The van der Waals surface area contributed by atoms with E-state index in [1.54, 1.807) is 0 Å². The van der Waals surface area contributed by atoms with Crippen molar-refractivity contribution in [2.45, 2.75) is 89.4 Å². The van der Waals surface area contributed by atoms with E-state index in [0.29, 0.717) is 44.2 Å². The van der Waals surface area contributed by atoms with E-state index in [-0.39, 0.29) is 19.6 Å². The molecule has 0 aromatic heterocycles. The minimum Gasteiger partial charge on any atom is -0.489 e. The quantitative estimate of drug-likeness (QED) is 0.0692. The van der Waals surface area contributed by atoms with Crippen molar-refractivity contribution in [3.8, 4) is 5.75 Å². The largest absolute Gasteiger partial charge is 0.489 e. The van der Waals surface area contributed by atoms with Gasteiger partial charge in [0.25, 0.3) is 0 Å². The highest BCUT2D eigenvalue weighted by Crippen LogP contribution is 2.35. The van der Waals surface area contributed by atoms with E-state index in [1.165, 1.54) is 6.92 Å². The normalized spacial score (nSPS) is 18.9. The van der Waals surface area contributed by atoms with Gasteiger partial charge in [0.1, 0.15) is 42.8 Å². The van der Waals surface area contributed by atoms with Gasteiger partial charge in [0, 0.05) is 19.8 Å². The Morgan fingerprint density at radius 3 is 1.48 bits per heavy atom. The van der Waals surface area contributed by atoms with Crippen LogP contribution in [0.15, 0.2) is 170 Å². The smallest absolute Gasteiger partial charge is 0.326 e. The summed E-state index contributed by atoms with van der Waals surface area (Å²) in [6.07, 6.45) is -2.56. The van der Waals surface area contributed by atoms with E-state index in [0.717, 1.165) is 33.4 Å². The van der Waals surface area contributed by atoms with Crippen LogP contribution >= 0.6 is 0 Å². The molecular weight excluding hydrogens is 795 g/mol. The second-order valence-corrected chi connectivity index (χ2v) is 15.7. The molecule has 2 N–H and O–H groups in total. The first kappa shape index (κ1) is 44.9. The van der Waals surface area contributed by atoms with Gasteiger partial charge in [0.2, 0.25) is 5.91 Å². The van der Waals surface area contributed by atoms with Crippen LogP contribution in [0.1, 0.15) is 45.9 Å². The van der Waals surface area contributed by atoms with E-state index in [9.17, 15) is 14.7 Å². The second-order valence-electron chi connectivity index (χ2n) is 15.7. The van der Waals surface area contributed by atoms with Gasteiger partial charge in [-0.15, -0.1) is 0 Å². The molecule has 1 heterocycles. The van der Waals surface area contributed by atoms with Gasteiger partial charge < -0.3 is 38.8 Å². The van der Waals surface area contributed by atoms with Crippen molar-refractivity contribution in [2.24, 2.45) is 0 Å².